The summed E-state index contributed by atoms with van der Waals surface area (Å²) in [7, 11) is 3.22. The van der Waals surface area contributed by atoms with Gasteiger partial charge in [-0.3, -0.25) is 4.79 Å². The molecule has 0 aliphatic carbocycles. The van der Waals surface area contributed by atoms with E-state index in [1.807, 2.05) is 36.4 Å². The van der Waals surface area contributed by atoms with Crippen LogP contribution in [0.25, 0.3) is 0 Å². The fourth-order valence-corrected chi connectivity index (χ4v) is 2.77. The van der Waals surface area contributed by atoms with Crippen LogP contribution in [0.3, 0.4) is 0 Å². The largest absolute Gasteiger partial charge is 0.493 e. The summed E-state index contributed by atoms with van der Waals surface area (Å²) in [6, 6.07) is 13.8. The summed E-state index contributed by atoms with van der Waals surface area (Å²) in [5, 5.41) is 3.05. The van der Waals surface area contributed by atoms with Crippen LogP contribution in [-0.4, -0.2) is 20.1 Å². The minimum atomic E-state index is 0.0190. The molecule has 0 fully saturated rings. The van der Waals surface area contributed by atoms with Gasteiger partial charge in [-0.05, 0) is 48.1 Å². The second-order valence-corrected chi connectivity index (χ2v) is 6.13. The first-order valence-corrected chi connectivity index (χ1v) is 8.68. The van der Waals surface area contributed by atoms with E-state index in [2.05, 4.69) is 25.2 Å². The van der Waals surface area contributed by atoms with Crippen LogP contribution in [0.4, 0.5) is 5.69 Å². The molecule has 0 radical (unpaired) electrons. The molecule has 0 unspecified atom stereocenters. The number of benzene rings is 2. The highest BCUT2D eigenvalue weighted by atomic mass is 16.5. The number of carbonyl (C=O) groups excluding carboxylic acids is 1. The molecule has 0 aliphatic heterocycles. The molecule has 0 spiro atoms. The van der Waals surface area contributed by atoms with Crippen LogP contribution in [0.2, 0.25) is 0 Å². The Hall–Kier alpha value is -2.49. The molecule has 2 aromatic rings. The van der Waals surface area contributed by atoms with Gasteiger partial charge in [-0.15, -0.1) is 0 Å². The van der Waals surface area contributed by atoms with Gasteiger partial charge in [0.2, 0.25) is 5.91 Å². The van der Waals surface area contributed by atoms with E-state index in [1.54, 1.807) is 14.2 Å². The predicted molar refractivity (Wildman–Crippen MR) is 102 cm³/mol. The number of hydrogen-bond donors (Lipinski definition) is 1. The Morgan fingerprint density at radius 2 is 1.80 bits per heavy atom. The molecule has 0 saturated carbocycles. The topological polar surface area (TPSA) is 47.6 Å². The van der Waals surface area contributed by atoms with Crippen molar-refractivity contribution in [2.45, 2.75) is 39.0 Å². The van der Waals surface area contributed by atoms with E-state index < -0.39 is 0 Å². The standard InChI is InChI=1S/C21H27NO3/c1-5-15(2)17-8-6-7-9-18(17)22-21(23)13-11-16-10-12-19(24-3)20(14-16)25-4/h6-10,12,14-15H,5,11,13H2,1-4H3,(H,22,23)/t15-/m1/s1. The molecule has 2 aromatic carbocycles. The number of rotatable bonds is 8. The van der Waals surface area contributed by atoms with Crippen molar-refractivity contribution in [3.05, 3.63) is 53.6 Å². The van der Waals surface area contributed by atoms with Crippen molar-refractivity contribution in [1.29, 1.82) is 0 Å². The summed E-state index contributed by atoms with van der Waals surface area (Å²) in [4.78, 5) is 12.4. The molecule has 1 N–H and O–H groups in total. The Bertz CT molecular complexity index is 712. The summed E-state index contributed by atoms with van der Waals surface area (Å²) < 4.78 is 10.5. The number of ether oxygens (including phenoxy) is 2. The van der Waals surface area contributed by atoms with E-state index in [1.165, 1.54) is 5.56 Å². The summed E-state index contributed by atoms with van der Waals surface area (Å²) in [5.74, 6) is 1.81. The maximum absolute atomic E-state index is 12.4. The van der Waals surface area contributed by atoms with Crippen LogP contribution in [-0.2, 0) is 11.2 Å². The average molecular weight is 341 g/mol. The van der Waals surface area contributed by atoms with Gasteiger partial charge >= 0.3 is 0 Å². The quantitative estimate of drug-likeness (QED) is 0.751. The summed E-state index contributed by atoms with van der Waals surface area (Å²) in [6.07, 6.45) is 2.11. The van der Waals surface area contributed by atoms with Gasteiger partial charge in [0.25, 0.3) is 0 Å². The normalized spacial score (nSPS) is 11.7. The Morgan fingerprint density at radius 3 is 2.48 bits per heavy atom. The second-order valence-electron chi connectivity index (χ2n) is 6.13. The summed E-state index contributed by atoms with van der Waals surface area (Å²) in [6.45, 7) is 4.33. The van der Waals surface area contributed by atoms with E-state index in [0.29, 0.717) is 30.3 Å². The third-order valence-corrected chi connectivity index (χ3v) is 4.47. The Labute approximate surface area is 150 Å². The third kappa shape index (κ3) is 4.99. The zero-order valence-electron chi connectivity index (χ0n) is 15.5. The number of para-hydroxylation sites is 1. The number of anilines is 1. The van der Waals surface area contributed by atoms with Gasteiger partial charge in [0.15, 0.2) is 11.5 Å². The van der Waals surface area contributed by atoms with Gasteiger partial charge < -0.3 is 14.8 Å². The van der Waals surface area contributed by atoms with E-state index in [0.717, 1.165) is 17.7 Å². The lowest BCUT2D eigenvalue weighted by Crippen LogP contribution is -2.14. The van der Waals surface area contributed by atoms with Crippen molar-refractivity contribution < 1.29 is 14.3 Å². The molecule has 0 heterocycles. The van der Waals surface area contributed by atoms with Crippen molar-refractivity contribution >= 4 is 11.6 Å². The molecule has 1 atom stereocenters. The number of amides is 1. The molecular weight excluding hydrogens is 314 g/mol. The van der Waals surface area contributed by atoms with Gasteiger partial charge in [0.1, 0.15) is 0 Å². The maximum Gasteiger partial charge on any atom is 0.224 e. The van der Waals surface area contributed by atoms with Crippen molar-refractivity contribution in [2.75, 3.05) is 19.5 Å². The van der Waals surface area contributed by atoms with Crippen LogP contribution in [0.15, 0.2) is 42.5 Å². The fraction of sp³-hybridized carbons (Fsp3) is 0.381. The van der Waals surface area contributed by atoms with E-state index in [9.17, 15) is 4.79 Å². The Kier molecular flexibility index (Phi) is 6.87. The molecule has 0 saturated heterocycles. The minimum Gasteiger partial charge on any atom is -0.493 e. The first kappa shape index (κ1) is 18.8. The average Bonchev–Trinajstić information content (AvgIpc) is 2.65. The number of carbonyl (C=O) groups is 1. The van der Waals surface area contributed by atoms with Crippen molar-refractivity contribution in [3.8, 4) is 11.5 Å². The molecule has 0 bridgehead atoms. The molecule has 4 heteroatoms. The molecule has 4 nitrogen and oxygen atoms in total. The highest BCUT2D eigenvalue weighted by Crippen LogP contribution is 2.29. The monoisotopic (exact) mass is 341 g/mol. The molecule has 1 amide bonds. The first-order chi connectivity index (χ1) is 12.1. The van der Waals surface area contributed by atoms with E-state index in [-0.39, 0.29) is 5.91 Å². The molecular formula is C21H27NO3. The van der Waals surface area contributed by atoms with Crippen LogP contribution in [0.1, 0.15) is 43.7 Å². The molecule has 2 rings (SSSR count). The van der Waals surface area contributed by atoms with Crippen LogP contribution < -0.4 is 14.8 Å². The number of nitrogens with one attached hydrogen (secondary N) is 1. The van der Waals surface area contributed by atoms with Gasteiger partial charge in [-0.1, -0.05) is 38.1 Å². The first-order valence-electron chi connectivity index (χ1n) is 8.68. The molecule has 0 aromatic heterocycles. The number of aryl methyl sites for hydroxylation is 1. The van der Waals surface area contributed by atoms with E-state index in [4.69, 9.17) is 9.47 Å². The van der Waals surface area contributed by atoms with Crippen LogP contribution in [0.5, 0.6) is 11.5 Å². The van der Waals surface area contributed by atoms with Gasteiger partial charge in [-0.2, -0.15) is 0 Å². The predicted octanol–water partition coefficient (Wildman–Crippen LogP) is 4.79. The van der Waals surface area contributed by atoms with Gasteiger partial charge in [0.05, 0.1) is 14.2 Å². The maximum atomic E-state index is 12.4. The minimum absolute atomic E-state index is 0.0190. The highest BCUT2D eigenvalue weighted by molar-refractivity contribution is 5.91. The lowest BCUT2D eigenvalue weighted by molar-refractivity contribution is -0.116. The lowest BCUT2D eigenvalue weighted by atomic mass is 9.97. The fourth-order valence-electron chi connectivity index (χ4n) is 2.77. The Balaban J connectivity index is 2.00. The van der Waals surface area contributed by atoms with Crippen molar-refractivity contribution in [2.24, 2.45) is 0 Å². The van der Waals surface area contributed by atoms with Gasteiger partial charge in [-0.25, -0.2) is 0 Å². The third-order valence-electron chi connectivity index (χ3n) is 4.47. The van der Waals surface area contributed by atoms with E-state index >= 15 is 0 Å². The summed E-state index contributed by atoms with van der Waals surface area (Å²) >= 11 is 0. The zero-order chi connectivity index (χ0) is 18.2. The molecule has 0 aliphatic rings. The van der Waals surface area contributed by atoms with Crippen LogP contribution >= 0.6 is 0 Å². The van der Waals surface area contributed by atoms with Crippen molar-refractivity contribution in [3.63, 3.8) is 0 Å². The van der Waals surface area contributed by atoms with Crippen LogP contribution in [0, 0.1) is 0 Å². The number of hydrogen-bond acceptors (Lipinski definition) is 3. The lowest BCUT2D eigenvalue weighted by Gasteiger charge is -2.15. The molecule has 25 heavy (non-hydrogen) atoms. The highest BCUT2D eigenvalue weighted by Gasteiger charge is 2.11. The molecule has 134 valence electrons. The smallest absolute Gasteiger partial charge is 0.224 e. The SMILES string of the molecule is CC[C@@H](C)c1ccccc1NC(=O)CCc1ccc(OC)c(OC)c1. The summed E-state index contributed by atoms with van der Waals surface area (Å²) in [5.41, 5.74) is 3.14. The van der Waals surface area contributed by atoms with Crippen molar-refractivity contribution in [1.82, 2.24) is 0 Å². The zero-order valence-corrected chi connectivity index (χ0v) is 15.5. The number of methoxy groups -OCH3 is 2. The Morgan fingerprint density at radius 1 is 1.08 bits per heavy atom. The van der Waals surface area contributed by atoms with Gasteiger partial charge in [0, 0.05) is 12.1 Å². The second kappa shape index (κ2) is 9.11.